The van der Waals surface area contributed by atoms with Crippen molar-refractivity contribution in [2.45, 2.75) is 25.8 Å². The lowest BCUT2D eigenvalue weighted by molar-refractivity contribution is -0.118. The van der Waals surface area contributed by atoms with Crippen LogP contribution in [0.5, 0.6) is 5.75 Å². The monoisotopic (exact) mass is 457 g/mol. The highest BCUT2D eigenvalue weighted by Gasteiger charge is 2.22. The molecule has 174 valence electrons. The van der Waals surface area contributed by atoms with E-state index in [0.29, 0.717) is 30.0 Å². The Morgan fingerprint density at radius 2 is 1.76 bits per heavy atom. The van der Waals surface area contributed by atoms with Crippen molar-refractivity contribution >= 4 is 29.1 Å². The molecule has 0 aromatic heterocycles. The van der Waals surface area contributed by atoms with Crippen LogP contribution in [-0.4, -0.2) is 30.9 Å². The number of nitrogens with zero attached hydrogens (tertiary/aromatic N) is 1. The van der Waals surface area contributed by atoms with Gasteiger partial charge in [0, 0.05) is 24.7 Å². The Morgan fingerprint density at radius 1 is 1.00 bits per heavy atom. The minimum atomic E-state index is -0.390. The van der Waals surface area contributed by atoms with E-state index in [-0.39, 0.29) is 30.4 Å². The van der Waals surface area contributed by atoms with E-state index in [4.69, 9.17) is 4.74 Å². The highest BCUT2D eigenvalue weighted by Crippen LogP contribution is 2.25. The summed E-state index contributed by atoms with van der Waals surface area (Å²) in [6, 6.07) is 23.5. The summed E-state index contributed by atoms with van der Waals surface area (Å²) in [6.45, 7) is 2.37. The molecule has 3 aromatic carbocycles. The van der Waals surface area contributed by atoms with E-state index in [9.17, 15) is 14.4 Å². The van der Waals surface area contributed by atoms with Gasteiger partial charge >= 0.3 is 0 Å². The Hall–Kier alpha value is -4.13. The Bertz CT molecular complexity index is 1180. The molecular formula is C27H27N3O4. The molecule has 1 atom stereocenters. The quantitative estimate of drug-likeness (QED) is 0.527. The zero-order valence-corrected chi connectivity index (χ0v) is 19.0. The summed E-state index contributed by atoms with van der Waals surface area (Å²) in [7, 11) is 0. The Labute approximate surface area is 198 Å². The predicted molar refractivity (Wildman–Crippen MR) is 131 cm³/mol. The average molecular weight is 458 g/mol. The summed E-state index contributed by atoms with van der Waals surface area (Å²) in [5, 5.41) is 5.73. The lowest BCUT2D eigenvalue weighted by Gasteiger charge is -2.17. The van der Waals surface area contributed by atoms with Crippen molar-refractivity contribution in [3.8, 4) is 5.75 Å². The predicted octanol–water partition coefficient (Wildman–Crippen LogP) is 4.32. The maximum absolute atomic E-state index is 12.9. The molecule has 2 N–H and O–H groups in total. The van der Waals surface area contributed by atoms with Gasteiger partial charge in [-0.25, -0.2) is 0 Å². The molecule has 7 nitrogen and oxygen atoms in total. The van der Waals surface area contributed by atoms with E-state index in [2.05, 4.69) is 10.6 Å². The Morgan fingerprint density at radius 3 is 2.53 bits per heavy atom. The van der Waals surface area contributed by atoms with Crippen molar-refractivity contribution in [3.05, 3.63) is 90.0 Å². The van der Waals surface area contributed by atoms with Crippen molar-refractivity contribution in [3.63, 3.8) is 0 Å². The highest BCUT2D eigenvalue weighted by molar-refractivity contribution is 6.04. The van der Waals surface area contributed by atoms with Crippen molar-refractivity contribution in [2.75, 3.05) is 23.4 Å². The van der Waals surface area contributed by atoms with Gasteiger partial charge < -0.3 is 20.3 Å². The van der Waals surface area contributed by atoms with Crippen molar-refractivity contribution in [2.24, 2.45) is 0 Å². The summed E-state index contributed by atoms with van der Waals surface area (Å²) in [4.78, 5) is 39.1. The summed E-state index contributed by atoms with van der Waals surface area (Å²) in [6.07, 6.45) is 1.38. The number of nitrogens with one attached hydrogen (secondary N) is 2. The van der Waals surface area contributed by atoms with Gasteiger partial charge in [-0.1, -0.05) is 48.5 Å². The molecule has 1 heterocycles. The number of para-hydroxylation sites is 1. The highest BCUT2D eigenvalue weighted by atomic mass is 16.5. The molecule has 34 heavy (non-hydrogen) atoms. The molecule has 1 aliphatic rings. The van der Waals surface area contributed by atoms with Crippen LogP contribution < -0.4 is 20.3 Å². The van der Waals surface area contributed by atoms with Crippen molar-refractivity contribution in [1.29, 1.82) is 0 Å². The molecule has 1 saturated heterocycles. The molecule has 0 unspecified atom stereocenters. The lowest BCUT2D eigenvalue weighted by atomic mass is 10.1. The fraction of sp³-hybridized carbons (Fsp3) is 0.222. The second kappa shape index (κ2) is 10.7. The molecule has 0 spiro atoms. The second-order valence-electron chi connectivity index (χ2n) is 8.13. The van der Waals surface area contributed by atoms with Gasteiger partial charge in [-0.15, -0.1) is 0 Å². The number of benzene rings is 3. The maximum Gasteiger partial charge on any atom is 0.262 e. The van der Waals surface area contributed by atoms with Gasteiger partial charge in [0.15, 0.2) is 6.61 Å². The van der Waals surface area contributed by atoms with Gasteiger partial charge in [-0.2, -0.15) is 0 Å². The van der Waals surface area contributed by atoms with E-state index < -0.39 is 0 Å². The molecule has 0 aliphatic carbocycles. The van der Waals surface area contributed by atoms with Crippen LogP contribution in [0.3, 0.4) is 0 Å². The second-order valence-corrected chi connectivity index (χ2v) is 8.13. The van der Waals surface area contributed by atoms with Crippen LogP contribution in [0.1, 0.15) is 41.7 Å². The number of carbonyl (C=O) groups is 3. The molecule has 3 amide bonds. The minimum absolute atomic E-state index is 0.0892. The van der Waals surface area contributed by atoms with E-state index in [0.717, 1.165) is 17.7 Å². The zero-order chi connectivity index (χ0) is 23.9. The first-order chi connectivity index (χ1) is 16.5. The molecule has 0 saturated carbocycles. The number of anilines is 2. The lowest BCUT2D eigenvalue weighted by Crippen LogP contribution is -2.28. The molecule has 3 aromatic rings. The standard InChI is InChI=1S/C27H27N3O4/c1-19(20-9-3-2-4-10-20)28-27(33)23-13-5-6-14-24(23)29-25(31)18-34-22-12-7-11-21(17-22)30-16-8-15-26(30)32/h2-7,9-14,17,19H,8,15-16,18H2,1H3,(H,28,33)(H,29,31)/t19-/m1/s1. The minimum Gasteiger partial charge on any atom is -0.484 e. The first kappa shape index (κ1) is 23.0. The van der Waals surface area contributed by atoms with E-state index >= 15 is 0 Å². The van der Waals surface area contributed by atoms with Crippen LogP contribution in [0, 0.1) is 0 Å². The van der Waals surface area contributed by atoms with Crippen LogP contribution in [0.4, 0.5) is 11.4 Å². The number of carbonyl (C=O) groups excluding carboxylic acids is 3. The smallest absolute Gasteiger partial charge is 0.262 e. The van der Waals surface area contributed by atoms with Crippen LogP contribution in [0.15, 0.2) is 78.9 Å². The summed E-state index contributed by atoms with van der Waals surface area (Å²) in [5.41, 5.74) is 2.53. The molecular weight excluding hydrogens is 430 g/mol. The van der Waals surface area contributed by atoms with Gasteiger partial charge in [0.2, 0.25) is 5.91 Å². The Kier molecular flexibility index (Phi) is 7.22. The van der Waals surface area contributed by atoms with Gasteiger partial charge in [-0.3, -0.25) is 14.4 Å². The SMILES string of the molecule is C[C@@H](NC(=O)c1ccccc1NC(=O)COc1cccc(N2CCCC2=O)c1)c1ccccc1. The third kappa shape index (κ3) is 5.61. The zero-order valence-electron chi connectivity index (χ0n) is 19.0. The fourth-order valence-electron chi connectivity index (χ4n) is 3.89. The maximum atomic E-state index is 12.9. The fourth-order valence-corrected chi connectivity index (χ4v) is 3.89. The topological polar surface area (TPSA) is 87.7 Å². The first-order valence-corrected chi connectivity index (χ1v) is 11.3. The van der Waals surface area contributed by atoms with Crippen LogP contribution in [0.2, 0.25) is 0 Å². The molecule has 0 bridgehead atoms. The summed E-state index contributed by atoms with van der Waals surface area (Å²) in [5.74, 6) is -0.0865. The normalized spacial score (nSPS) is 13.9. The Balaban J connectivity index is 1.37. The first-order valence-electron chi connectivity index (χ1n) is 11.3. The average Bonchev–Trinajstić information content (AvgIpc) is 3.29. The summed E-state index contributed by atoms with van der Waals surface area (Å²) >= 11 is 0. The third-order valence-electron chi connectivity index (χ3n) is 5.67. The van der Waals surface area contributed by atoms with Crippen molar-refractivity contribution < 1.29 is 19.1 Å². The van der Waals surface area contributed by atoms with Gasteiger partial charge in [0.05, 0.1) is 17.3 Å². The largest absolute Gasteiger partial charge is 0.484 e. The van der Waals surface area contributed by atoms with Gasteiger partial charge in [0.25, 0.3) is 11.8 Å². The molecule has 4 rings (SSSR count). The van der Waals surface area contributed by atoms with Crippen LogP contribution >= 0.6 is 0 Å². The summed E-state index contributed by atoms with van der Waals surface area (Å²) < 4.78 is 5.65. The van der Waals surface area contributed by atoms with Gasteiger partial charge in [-0.05, 0) is 43.2 Å². The molecule has 1 fully saturated rings. The number of amides is 3. The number of rotatable bonds is 8. The number of ether oxygens (including phenoxy) is 1. The molecule has 7 heteroatoms. The van der Waals surface area contributed by atoms with Crippen LogP contribution in [-0.2, 0) is 9.59 Å². The molecule has 0 radical (unpaired) electrons. The van der Waals surface area contributed by atoms with E-state index in [1.54, 1.807) is 47.4 Å². The number of hydrogen-bond donors (Lipinski definition) is 2. The van der Waals surface area contributed by atoms with E-state index in [1.807, 2.05) is 43.3 Å². The van der Waals surface area contributed by atoms with Gasteiger partial charge in [0.1, 0.15) is 5.75 Å². The third-order valence-corrected chi connectivity index (χ3v) is 5.67. The van der Waals surface area contributed by atoms with E-state index in [1.165, 1.54) is 0 Å². The molecule has 1 aliphatic heterocycles. The number of hydrogen-bond acceptors (Lipinski definition) is 4. The van der Waals surface area contributed by atoms with Crippen LogP contribution in [0.25, 0.3) is 0 Å². The van der Waals surface area contributed by atoms with Crippen molar-refractivity contribution in [1.82, 2.24) is 5.32 Å².